The van der Waals surface area contributed by atoms with E-state index in [0.717, 1.165) is 55.7 Å². The zero-order valence-electron chi connectivity index (χ0n) is 19.6. The lowest BCUT2D eigenvalue weighted by Crippen LogP contribution is -2.41. The molecule has 0 saturated carbocycles. The summed E-state index contributed by atoms with van der Waals surface area (Å²) in [6.45, 7) is 10.5. The number of nitrogens with zero attached hydrogens (tertiary/aromatic N) is 4. The van der Waals surface area contributed by atoms with Gasteiger partial charge >= 0.3 is 6.09 Å². The highest BCUT2D eigenvalue weighted by molar-refractivity contribution is 5.95. The molecule has 2 aliphatic rings. The van der Waals surface area contributed by atoms with Crippen LogP contribution in [0.2, 0.25) is 0 Å². The highest BCUT2D eigenvalue weighted by Crippen LogP contribution is 2.33. The van der Waals surface area contributed by atoms with Gasteiger partial charge in [-0.25, -0.2) is 9.48 Å². The van der Waals surface area contributed by atoms with Crippen LogP contribution in [0.15, 0.2) is 30.5 Å². The van der Waals surface area contributed by atoms with E-state index in [1.54, 1.807) is 11.1 Å². The summed E-state index contributed by atoms with van der Waals surface area (Å²) < 4.78 is 7.48. The summed E-state index contributed by atoms with van der Waals surface area (Å²) in [6, 6.07) is 8.20. The molecule has 2 aliphatic heterocycles. The Bertz CT molecular complexity index is 977. The molecule has 4 rings (SSSR count). The number of likely N-dealkylation sites (tertiary alicyclic amines) is 2. The molecule has 2 saturated heterocycles. The SMILES string of the molecule is Cc1cccc(-n2ncc(C(=O)N3CCCC3)c2C2CCN(C(=O)OC(C)(C)C)CC2)c1. The highest BCUT2D eigenvalue weighted by Gasteiger charge is 2.33. The number of hydrogen-bond donors (Lipinski definition) is 0. The van der Waals surface area contributed by atoms with Crippen molar-refractivity contribution in [2.45, 2.75) is 64.9 Å². The van der Waals surface area contributed by atoms with Crippen LogP contribution in [0, 0.1) is 6.92 Å². The molecule has 0 aliphatic carbocycles. The fraction of sp³-hybridized carbons (Fsp3) is 0.560. The van der Waals surface area contributed by atoms with E-state index in [9.17, 15) is 9.59 Å². The minimum Gasteiger partial charge on any atom is -0.444 e. The molecule has 0 atom stereocenters. The summed E-state index contributed by atoms with van der Waals surface area (Å²) in [5, 5.41) is 4.66. The summed E-state index contributed by atoms with van der Waals surface area (Å²) in [7, 11) is 0. The number of rotatable bonds is 3. The molecule has 1 aromatic heterocycles. The predicted molar refractivity (Wildman–Crippen MR) is 123 cm³/mol. The van der Waals surface area contributed by atoms with Crippen LogP contribution in [-0.4, -0.2) is 63.4 Å². The molecule has 32 heavy (non-hydrogen) atoms. The van der Waals surface area contributed by atoms with Crippen molar-refractivity contribution in [1.29, 1.82) is 0 Å². The number of aryl methyl sites for hydroxylation is 1. The Morgan fingerprint density at radius 2 is 1.72 bits per heavy atom. The van der Waals surface area contributed by atoms with Gasteiger partial charge in [0.2, 0.25) is 0 Å². The monoisotopic (exact) mass is 438 g/mol. The smallest absolute Gasteiger partial charge is 0.410 e. The van der Waals surface area contributed by atoms with Gasteiger partial charge in [-0.3, -0.25) is 4.79 Å². The van der Waals surface area contributed by atoms with Gasteiger partial charge in [0.05, 0.1) is 23.1 Å². The minimum absolute atomic E-state index is 0.0750. The second kappa shape index (κ2) is 8.96. The number of piperidine rings is 1. The van der Waals surface area contributed by atoms with Gasteiger partial charge in [-0.2, -0.15) is 5.10 Å². The minimum atomic E-state index is -0.507. The first-order valence-corrected chi connectivity index (χ1v) is 11.6. The van der Waals surface area contributed by atoms with Crippen molar-refractivity contribution in [3.8, 4) is 5.69 Å². The Balaban J connectivity index is 1.61. The van der Waals surface area contributed by atoms with Crippen LogP contribution >= 0.6 is 0 Å². The van der Waals surface area contributed by atoms with Gasteiger partial charge in [-0.05, 0) is 71.1 Å². The Hall–Kier alpha value is -2.83. The maximum Gasteiger partial charge on any atom is 0.410 e. The zero-order chi connectivity index (χ0) is 22.9. The molecule has 172 valence electrons. The molecule has 2 fully saturated rings. The van der Waals surface area contributed by atoms with Crippen LogP contribution < -0.4 is 0 Å². The van der Waals surface area contributed by atoms with E-state index in [2.05, 4.69) is 24.2 Å². The van der Waals surface area contributed by atoms with E-state index < -0.39 is 5.60 Å². The van der Waals surface area contributed by atoms with Crippen LogP contribution in [0.1, 0.15) is 74.0 Å². The van der Waals surface area contributed by atoms with Crippen LogP contribution in [-0.2, 0) is 4.74 Å². The first-order chi connectivity index (χ1) is 15.2. The third-order valence-electron chi connectivity index (χ3n) is 6.21. The number of aromatic nitrogens is 2. The van der Waals surface area contributed by atoms with Crippen molar-refractivity contribution >= 4 is 12.0 Å². The van der Waals surface area contributed by atoms with Crippen molar-refractivity contribution in [3.63, 3.8) is 0 Å². The lowest BCUT2D eigenvalue weighted by molar-refractivity contribution is 0.0203. The topological polar surface area (TPSA) is 67.7 Å². The first kappa shape index (κ1) is 22.4. The Morgan fingerprint density at radius 3 is 2.34 bits per heavy atom. The highest BCUT2D eigenvalue weighted by atomic mass is 16.6. The number of carbonyl (C=O) groups excluding carboxylic acids is 2. The molecule has 0 unspecified atom stereocenters. The number of amides is 2. The van der Waals surface area contributed by atoms with E-state index in [0.29, 0.717) is 18.7 Å². The number of ether oxygens (including phenoxy) is 1. The van der Waals surface area contributed by atoms with Crippen molar-refractivity contribution < 1.29 is 14.3 Å². The second-order valence-corrected chi connectivity index (χ2v) is 9.94. The van der Waals surface area contributed by atoms with Crippen molar-refractivity contribution in [2.24, 2.45) is 0 Å². The van der Waals surface area contributed by atoms with Crippen LogP contribution in [0.25, 0.3) is 5.69 Å². The average molecular weight is 439 g/mol. The van der Waals surface area contributed by atoms with Gasteiger partial charge in [0, 0.05) is 32.1 Å². The lowest BCUT2D eigenvalue weighted by Gasteiger charge is -2.34. The second-order valence-electron chi connectivity index (χ2n) is 9.94. The molecular weight excluding hydrogens is 404 g/mol. The van der Waals surface area contributed by atoms with E-state index >= 15 is 0 Å². The van der Waals surface area contributed by atoms with Gasteiger partial charge in [0.15, 0.2) is 0 Å². The molecule has 0 bridgehead atoms. The summed E-state index contributed by atoms with van der Waals surface area (Å²) in [4.78, 5) is 29.6. The Kier molecular flexibility index (Phi) is 6.26. The Morgan fingerprint density at radius 1 is 1.03 bits per heavy atom. The van der Waals surface area contributed by atoms with Crippen molar-refractivity contribution in [2.75, 3.05) is 26.2 Å². The summed E-state index contributed by atoms with van der Waals surface area (Å²) in [5.74, 6) is 0.226. The van der Waals surface area contributed by atoms with E-state index in [1.165, 1.54) is 0 Å². The third-order valence-corrected chi connectivity index (χ3v) is 6.21. The zero-order valence-corrected chi connectivity index (χ0v) is 19.6. The molecule has 0 N–H and O–H groups in total. The summed E-state index contributed by atoms with van der Waals surface area (Å²) in [6.07, 6.45) is 5.13. The fourth-order valence-corrected chi connectivity index (χ4v) is 4.63. The first-order valence-electron chi connectivity index (χ1n) is 11.6. The molecule has 0 radical (unpaired) electrons. The molecule has 1 aromatic carbocycles. The summed E-state index contributed by atoms with van der Waals surface area (Å²) in [5.41, 5.74) is 3.28. The van der Waals surface area contributed by atoms with E-state index in [1.807, 2.05) is 42.5 Å². The number of carbonyl (C=O) groups is 2. The summed E-state index contributed by atoms with van der Waals surface area (Å²) >= 11 is 0. The van der Waals surface area contributed by atoms with Crippen LogP contribution in [0.4, 0.5) is 4.79 Å². The van der Waals surface area contributed by atoms with Crippen LogP contribution in [0.3, 0.4) is 0 Å². The van der Waals surface area contributed by atoms with Gasteiger partial charge in [-0.15, -0.1) is 0 Å². The maximum atomic E-state index is 13.3. The lowest BCUT2D eigenvalue weighted by atomic mass is 9.90. The molecule has 2 amide bonds. The van der Waals surface area contributed by atoms with E-state index in [-0.39, 0.29) is 17.9 Å². The van der Waals surface area contributed by atoms with Gasteiger partial charge in [-0.1, -0.05) is 12.1 Å². The van der Waals surface area contributed by atoms with Crippen molar-refractivity contribution in [1.82, 2.24) is 19.6 Å². The number of benzene rings is 1. The molecule has 0 spiro atoms. The fourth-order valence-electron chi connectivity index (χ4n) is 4.63. The quantitative estimate of drug-likeness (QED) is 0.706. The molecular formula is C25H34N4O3. The van der Waals surface area contributed by atoms with Gasteiger partial charge in [0.1, 0.15) is 5.60 Å². The van der Waals surface area contributed by atoms with Gasteiger partial charge < -0.3 is 14.5 Å². The van der Waals surface area contributed by atoms with Crippen LogP contribution in [0.5, 0.6) is 0 Å². The van der Waals surface area contributed by atoms with Gasteiger partial charge in [0.25, 0.3) is 5.91 Å². The third kappa shape index (κ3) is 4.81. The molecule has 3 heterocycles. The maximum absolute atomic E-state index is 13.3. The molecule has 7 nitrogen and oxygen atoms in total. The predicted octanol–water partition coefficient (Wildman–Crippen LogP) is 4.53. The molecule has 2 aromatic rings. The standard InChI is InChI=1S/C25H34N4O3/c1-18-8-7-9-20(16-18)29-22(21(17-26-29)23(30)27-12-5-6-13-27)19-10-14-28(15-11-19)24(31)32-25(2,3)4/h7-9,16-17,19H,5-6,10-15H2,1-4H3. The Labute approximate surface area is 190 Å². The largest absolute Gasteiger partial charge is 0.444 e. The van der Waals surface area contributed by atoms with E-state index in [4.69, 9.17) is 4.74 Å². The number of hydrogen-bond acceptors (Lipinski definition) is 4. The normalized spacial score (nSPS) is 17.6. The van der Waals surface area contributed by atoms with Crippen molar-refractivity contribution in [3.05, 3.63) is 47.3 Å². The average Bonchev–Trinajstić information content (AvgIpc) is 3.42. The molecule has 7 heteroatoms.